The highest BCUT2D eigenvalue weighted by Crippen LogP contribution is 2.31. The van der Waals surface area contributed by atoms with Crippen LogP contribution in [0.25, 0.3) is 0 Å². The van der Waals surface area contributed by atoms with Gasteiger partial charge < -0.3 is 0 Å². The van der Waals surface area contributed by atoms with E-state index >= 15 is 0 Å². The van der Waals surface area contributed by atoms with Crippen LogP contribution in [0.5, 0.6) is 0 Å². The molecule has 0 aliphatic heterocycles. The fourth-order valence-corrected chi connectivity index (χ4v) is 1.39. The van der Waals surface area contributed by atoms with Gasteiger partial charge in [-0.3, -0.25) is 0 Å². The van der Waals surface area contributed by atoms with Crippen LogP contribution in [-0.4, -0.2) is 4.98 Å². The molecule has 0 aromatic carbocycles. The highest BCUT2D eigenvalue weighted by molar-refractivity contribution is 6.33. The van der Waals surface area contributed by atoms with Gasteiger partial charge in [0.2, 0.25) is 0 Å². The first-order chi connectivity index (χ1) is 6.56. The Labute approximate surface area is 89.1 Å². The molecule has 0 atom stereocenters. The van der Waals surface area contributed by atoms with Crippen molar-refractivity contribution >= 4 is 23.2 Å². The molecule has 0 saturated carbocycles. The Morgan fingerprint density at radius 3 is 2.64 bits per heavy atom. The van der Waals surface area contributed by atoms with E-state index in [9.17, 15) is 8.78 Å². The van der Waals surface area contributed by atoms with Crippen LogP contribution < -0.4 is 0 Å². The van der Waals surface area contributed by atoms with E-state index in [1.54, 1.807) is 6.07 Å². The predicted molar refractivity (Wildman–Crippen MR) is 48.5 cm³/mol. The molecule has 1 rings (SSSR count). The zero-order chi connectivity index (χ0) is 10.7. The van der Waals surface area contributed by atoms with Crippen molar-refractivity contribution in [3.63, 3.8) is 0 Å². The summed E-state index contributed by atoms with van der Waals surface area (Å²) in [5, 5.41) is 8.11. The smallest absolute Gasteiger partial charge is 0.238 e. The van der Waals surface area contributed by atoms with Gasteiger partial charge in [-0.2, -0.15) is 5.26 Å². The average molecular weight is 237 g/mol. The summed E-state index contributed by atoms with van der Waals surface area (Å²) in [6, 6.07) is 2.76. The van der Waals surface area contributed by atoms with Crippen molar-refractivity contribution in [3.8, 4) is 6.07 Å². The van der Waals surface area contributed by atoms with Crippen molar-refractivity contribution in [2.24, 2.45) is 0 Å². The SMILES string of the molecule is N#CCc1nc(Cl)cc(C(F)F)c1Cl. The Morgan fingerprint density at radius 2 is 2.14 bits per heavy atom. The van der Waals surface area contributed by atoms with Crippen molar-refractivity contribution in [2.45, 2.75) is 12.8 Å². The van der Waals surface area contributed by atoms with Gasteiger partial charge in [0.15, 0.2) is 0 Å². The van der Waals surface area contributed by atoms with E-state index in [0.29, 0.717) is 0 Å². The molecule has 0 radical (unpaired) electrons. The van der Waals surface area contributed by atoms with Crippen LogP contribution in [0.15, 0.2) is 6.07 Å². The van der Waals surface area contributed by atoms with E-state index in [-0.39, 0.29) is 22.3 Å². The van der Waals surface area contributed by atoms with Gasteiger partial charge in [0.25, 0.3) is 6.43 Å². The number of nitriles is 1. The van der Waals surface area contributed by atoms with Crippen LogP contribution in [-0.2, 0) is 6.42 Å². The zero-order valence-corrected chi connectivity index (χ0v) is 8.28. The van der Waals surface area contributed by atoms with Gasteiger partial charge in [0, 0.05) is 5.56 Å². The number of rotatable bonds is 2. The van der Waals surface area contributed by atoms with Crippen LogP contribution in [0, 0.1) is 11.3 Å². The molecule has 0 unspecified atom stereocenters. The summed E-state index contributed by atoms with van der Waals surface area (Å²) in [7, 11) is 0. The topological polar surface area (TPSA) is 36.7 Å². The zero-order valence-electron chi connectivity index (χ0n) is 6.77. The van der Waals surface area contributed by atoms with Crippen molar-refractivity contribution in [3.05, 3.63) is 27.5 Å². The second kappa shape index (κ2) is 4.54. The van der Waals surface area contributed by atoms with Gasteiger partial charge in [0.1, 0.15) is 5.15 Å². The molecule has 2 nitrogen and oxygen atoms in total. The van der Waals surface area contributed by atoms with E-state index in [2.05, 4.69) is 4.98 Å². The molecule has 0 aliphatic rings. The van der Waals surface area contributed by atoms with Crippen molar-refractivity contribution < 1.29 is 8.78 Å². The fraction of sp³-hybridized carbons (Fsp3) is 0.250. The standard InChI is InChI=1S/C8H4Cl2F2N2/c9-6-3-4(8(11)12)7(10)5(14-6)1-2-13/h3,8H,1H2. The molecule has 0 bridgehead atoms. The van der Waals surface area contributed by atoms with Crippen LogP contribution in [0.3, 0.4) is 0 Å². The van der Waals surface area contributed by atoms with Gasteiger partial charge in [-0.05, 0) is 6.07 Å². The molecule has 14 heavy (non-hydrogen) atoms. The molecule has 1 aromatic heterocycles. The second-order valence-electron chi connectivity index (χ2n) is 2.43. The van der Waals surface area contributed by atoms with E-state index in [1.807, 2.05) is 0 Å². The molecule has 74 valence electrons. The van der Waals surface area contributed by atoms with Gasteiger partial charge >= 0.3 is 0 Å². The minimum Gasteiger partial charge on any atom is -0.238 e. The largest absolute Gasteiger partial charge is 0.265 e. The van der Waals surface area contributed by atoms with Crippen LogP contribution in [0.4, 0.5) is 8.78 Å². The minimum atomic E-state index is -2.72. The van der Waals surface area contributed by atoms with Crippen LogP contribution in [0.1, 0.15) is 17.7 Å². The third-order valence-electron chi connectivity index (χ3n) is 1.50. The number of hydrogen-bond acceptors (Lipinski definition) is 2. The monoisotopic (exact) mass is 236 g/mol. The lowest BCUT2D eigenvalue weighted by Gasteiger charge is -2.06. The maximum absolute atomic E-state index is 12.4. The Morgan fingerprint density at radius 1 is 1.50 bits per heavy atom. The normalized spacial score (nSPS) is 10.3. The number of nitrogens with zero attached hydrogens (tertiary/aromatic N) is 2. The summed E-state index contributed by atoms with van der Waals surface area (Å²) < 4.78 is 24.7. The lowest BCUT2D eigenvalue weighted by atomic mass is 10.2. The van der Waals surface area contributed by atoms with E-state index in [1.165, 1.54) is 0 Å². The summed E-state index contributed by atoms with van der Waals surface area (Å²) in [5.41, 5.74) is -0.311. The molecule has 0 saturated heterocycles. The van der Waals surface area contributed by atoms with Crippen molar-refractivity contribution in [2.75, 3.05) is 0 Å². The first kappa shape index (κ1) is 11.2. The number of alkyl halides is 2. The molecule has 1 aromatic rings. The minimum absolute atomic E-state index is 0.0805. The van der Waals surface area contributed by atoms with Crippen LogP contribution >= 0.6 is 23.2 Å². The fourth-order valence-electron chi connectivity index (χ4n) is 0.919. The molecule has 0 N–H and O–H groups in total. The summed E-state index contributed by atoms with van der Waals surface area (Å²) in [6.45, 7) is 0. The lowest BCUT2D eigenvalue weighted by molar-refractivity contribution is 0.151. The predicted octanol–water partition coefficient (Wildman–Crippen LogP) is 3.39. The Hall–Kier alpha value is -0.920. The molecule has 0 amide bonds. The molecule has 0 aliphatic carbocycles. The third kappa shape index (κ3) is 2.31. The summed E-state index contributed by atoms with van der Waals surface area (Å²) in [4.78, 5) is 3.68. The molecule has 1 heterocycles. The molecular formula is C8H4Cl2F2N2. The van der Waals surface area contributed by atoms with Gasteiger partial charge in [-0.25, -0.2) is 13.8 Å². The second-order valence-corrected chi connectivity index (χ2v) is 3.20. The molecule has 6 heteroatoms. The van der Waals surface area contributed by atoms with E-state index < -0.39 is 12.0 Å². The molecule has 0 spiro atoms. The summed E-state index contributed by atoms with van der Waals surface area (Å²) in [6.07, 6.45) is -2.86. The number of aromatic nitrogens is 1. The van der Waals surface area contributed by atoms with Gasteiger partial charge in [0.05, 0.1) is 23.2 Å². The van der Waals surface area contributed by atoms with Gasteiger partial charge in [-0.1, -0.05) is 23.2 Å². The number of pyridine rings is 1. The maximum Gasteiger partial charge on any atom is 0.265 e. The first-order valence-electron chi connectivity index (χ1n) is 3.56. The van der Waals surface area contributed by atoms with E-state index in [0.717, 1.165) is 6.07 Å². The molecular weight excluding hydrogens is 233 g/mol. The third-order valence-corrected chi connectivity index (χ3v) is 2.13. The summed E-state index contributed by atoms with van der Waals surface area (Å²) in [5.74, 6) is 0. The van der Waals surface area contributed by atoms with Gasteiger partial charge in [-0.15, -0.1) is 0 Å². The van der Waals surface area contributed by atoms with Crippen molar-refractivity contribution in [1.29, 1.82) is 5.26 Å². The Kier molecular flexibility index (Phi) is 3.62. The highest BCUT2D eigenvalue weighted by atomic mass is 35.5. The average Bonchev–Trinajstić information content (AvgIpc) is 2.10. The van der Waals surface area contributed by atoms with Crippen LogP contribution in [0.2, 0.25) is 10.2 Å². The number of halogens is 4. The lowest BCUT2D eigenvalue weighted by Crippen LogP contribution is -1.96. The first-order valence-corrected chi connectivity index (χ1v) is 4.31. The summed E-state index contributed by atoms with van der Waals surface area (Å²) >= 11 is 11.1. The van der Waals surface area contributed by atoms with Crippen molar-refractivity contribution in [1.82, 2.24) is 4.98 Å². The maximum atomic E-state index is 12.4. The Balaban J connectivity index is 3.26. The quantitative estimate of drug-likeness (QED) is 0.739. The Bertz CT molecular complexity index is 388. The molecule has 0 fully saturated rings. The highest BCUT2D eigenvalue weighted by Gasteiger charge is 2.17. The van der Waals surface area contributed by atoms with E-state index in [4.69, 9.17) is 28.5 Å². The number of hydrogen-bond donors (Lipinski definition) is 0.